The summed E-state index contributed by atoms with van der Waals surface area (Å²) in [5.41, 5.74) is -0.0191. The number of amides is 1. The zero-order valence-electron chi connectivity index (χ0n) is 11.5. The minimum atomic E-state index is -4.22. The largest absolute Gasteiger partial charge is 0.352 e. The zero-order chi connectivity index (χ0) is 15.6. The van der Waals surface area contributed by atoms with Crippen molar-refractivity contribution in [2.75, 3.05) is 6.54 Å². The first-order chi connectivity index (χ1) is 9.07. The normalized spacial score (nSPS) is 12.2. The van der Waals surface area contributed by atoms with Gasteiger partial charge >= 0.3 is 0 Å². The number of rotatable bonds is 5. The second-order valence-corrected chi connectivity index (χ2v) is 7.82. The zero-order valence-corrected chi connectivity index (χ0v) is 13.1. The number of carbonyl (C=O) groups excluding carboxylic acids is 1. The monoisotopic (exact) mass is 321 g/mol. The molecule has 0 saturated heterocycles. The van der Waals surface area contributed by atoms with Crippen LogP contribution in [0, 0.1) is 11.2 Å². The van der Waals surface area contributed by atoms with Gasteiger partial charge in [0.1, 0.15) is 10.7 Å². The third kappa shape index (κ3) is 4.45. The van der Waals surface area contributed by atoms with E-state index in [0.717, 1.165) is 18.6 Å². The van der Waals surface area contributed by atoms with E-state index in [1.165, 1.54) is 6.07 Å². The van der Waals surface area contributed by atoms with E-state index in [1.54, 1.807) is 0 Å². The number of hydrogen-bond donors (Lipinski definition) is 1. The number of benzene rings is 1. The number of halogens is 2. The molecule has 0 radical (unpaired) electrons. The van der Waals surface area contributed by atoms with Gasteiger partial charge in [-0.05, 0) is 30.0 Å². The van der Waals surface area contributed by atoms with E-state index in [9.17, 15) is 17.6 Å². The summed E-state index contributed by atoms with van der Waals surface area (Å²) in [5.74, 6) is -1.45. The molecule has 0 spiro atoms. The van der Waals surface area contributed by atoms with E-state index < -0.39 is 25.7 Å². The Labute approximate surface area is 122 Å². The lowest BCUT2D eigenvalue weighted by Gasteiger charge is -2.22. The molecule has 0 atom stereocenters. The molecule has 0 saturated carbocycles. The molecule has 0 aliphatic rings. The van der Waals surface area contributed by atoms with E-state index in [4.69, 9.17) is 10.7 Å². The highest BCUT2D eigenvalue weighted by atomic mass is 35.7. The first-order valence-electron chi connectivity index (χ1n) is 6.09. The van der Waals surface area contributed by atoms with Crippen LogP contribution in [0.25, 0.3) is 0 Å². The van der Waals surface area contributed by atoms with Gasteiger partial charge in [0.2, 0.25) is 0 Å². The lowest BCUT2D eigenvalue weighted by atomic mass is 9.90. The molecule has 0 aromatic heterocycles. The van der Waals surface area contributed by atoms with Crippen LogP contribution in [0.2, 0.25) is 0 Å². The van der Waals surface area contributed by atoms with Gasteiger partial charge in [-0.15, -0.1) is 0 Å². The van der Waals surface area contributed by atoms with Crippen molar-refractivity contribution in [2.45, 2.75) is 32.1 Å². The highest BCUT2D eigenvalue weighted by Crippen LogP contribution is 2.21. The van der Waals surface area contributed by atoms with Gasteiger partial charge in [-0.3, -0.25) is 4.79 Å². The molecule has 0 heterocycles. The van der Waals surface area contributed by atoms with E-state index in [2.05, 4.69) is 5.32 Å². The number of carbonyl (C=O) groups is 1. The third-order valence-electron chi connectivity index (χ3n) is 3.14. The SMILES string of the molecule is CCC(C)(C)CNC(=O)c1ccc(F)c(S(=O)(=O)Cl)c1. The molecule has 7 heteroatoms. The van der Waals surface area contributed by atoms with E-state index >= 15 is 0 Å². The predicted octanol–water partition coefficient (Wildman–Crippen LogP) is 2.92. The van der Waals surface area contributed by atoms with Crippen molar-refractivity contribution in [1.29, 1.82) is 0 Å². The molecule has 0 bridgehead atoms. The van der Waals surface area contributed by atoms with Crippen molar-refractivity contribution in [3.05, 3.63) is 29.6 Å². The Morgan fingerprint density at radius 3 is 2.50 bits per heavy atom. The molecule has 0 unspecified atom stereocenters. The molecule has 1 amide bonds. The van der Waals surface area contributed by atoms with Gasteiger partial charge < -0.3 is 5.32 Å². The maximum Gasteiger partial charge on any atom is 0.264 e. The topological polar surface area (TPSA) is 63.2 Å². The minimum absolute atomic E-state index is 0.0533. The van der Waals surface area contributed by atoms with E-state index in [-0.39, 0.29) is 11.0 Å². The molecule has 4 nitrogen and oxygen atoms in total. The number of nitrogens with one attached hydrogen (secondary N) is 1. The molecule has 112 valence electrons. The second-order valence-electron chi connectivity index (χ2n) is 5.28. The molecular weight excluding hydrogens is 305 g/mol. The Morgan fingerprint density at radius 2 is 2.00 bits per heavy atom. The van der Waals surface area contributed by atoms with Crippen molar-refractivity contribution in [3.8, 4) is 0 Å². The van der Waals surface area contributed by atoms with Gasteiger partial charge in [0.15, 0.2) is 0 Å². The Kier molecular flexibility index (Phi) is 5.15. The van der Waals surface area contributed by atoms with Crippen LogP contribution < -0.4 is 5.32 Å². The van der Waals surface area contributed by atoms with E-state index in [1.807, 2.05) is 20.8 Å². The quantitative estimate of drug-likeness (QED) is 0.848. The van der Waals surface area contributed by atoms with Gasteiger partial charge in [0.25, 0.3) is 15.0 Å². The van der Waals surface area contributed by atoms with Gasteiger partial charge in [-0.1, -0.05) is 20.8 Å². The van der Waals surface area contributed by atoms with Crippen molar-refractivity contribution in [1.82, 2.24) is 5.32 Å². The molecule has 0 aliphatic heterocycles. The average Bonchev–Trinajstić information content (AvgIpc) is 2.35. The summed E-state index contributed by atoms with van der Waals surface area (Å²) in [6.45, 7) is 6.42. The van der Waals surface area contributed by atoms with Gasteiger partial charge in [-0.25, -0.2) is 12.8 Å². The Balaban J connectivity index is 2.96. The fourth-order valence-electron chi connectivity index (χ4n) is 1.38. The molecular formula is C13H17ClFNO3S. The van der Waals surface area contributed by atoms with Crippen molar-refractivity contribution in [2.24, 2.45) is 5.41 Å². The maximum atomic E-state index is 13.4. The highest BCUT2D eigenvalue weighted by molar-refractivity contribution is 8.13. The van der Waals surface area contributed by atoms with Crippen LogP contribution in [0.1, 0.15) is 37.6 Å². The summed E-state index contributed by atoms with van der Waals surface area (Å²) in [4.78, 5) is 11.2. The molecule has 20 heavy (non-hydrogen) atoms. The summed E-state index contributed by atoms with van der Waals surface area (Å²) in [5, 5.41) is 2.69. The van der Waals surface area contributed by atoms with Gasteiger partial charge in [0, 0.05) is 22.8 Å². The summed E-state index contributed by atoms with van der Waals surface area (Å²) >= 11 is 0. The molecule has 1 N–H and O–H groups in total. The van der Waals surface area contributed by atoms with Crippen LogP contribution in [0.5, 0.6) is 0 Å². The minimum Gasteiger partial charge on any atom is -0.352 e. The Bertz CT molecular complexity index is 614. The fourth-order valence-corrected chi connectivity index (χ4v) is 2.30. The molecule has 1 rings (SSSR count). The van der Waals surface area contributed by atoms with E-state index in [0.29, 0.717) is 6.54 Å². The van der Waals surface area contributed by atoms with Crippen LogP contribution in [0.3, 0.4) is 0 Å². The average molecular weight is 322 g/mol. The van der Waals surface area contributed by atoms with Gasteiger partial charge in [0.05, 0.1) is 0 Å². The van der Waals surface area contributed by atoms with Crippen LogP contribution in [-0.4, -0.2) is 20.9 Å². The fraction of sp³-hybridized carbons (Fsp3) is 0.462. The van der Waals surface area contributed by atoms with Crippen LogP contribution in [-0.2, 0) is 9.05 Å². The van der Waals surface area contributed by atoms with Crippen molar-refractivity contribution in [3.63, 3.8) is 0 Å². The van der Waals surface area contributed by atoms with Crippen LogP contribution in [0.4, 0.5) is 4.39 Å². The summed E-state index contributed by atoms with van der Waals surface area (Å²) in [6.07, 6.45) is 0.873. The molecule has 0 aliphatic carbocycles. The second kappa shape index (κ2) is 6.10. The third-order valence-corrected chi connectivity index (χ3v) is 4.48. The number of hydrogen-bond acceptors (Lipinski definition) is 3. The van der Waals surface area contributed by atoms with Crippen LogP contribution >= 0.6 is 10.7 Å². The molecule has 1 aromatic rings. The Morgan fingerprint density at radius 1 is 1.40 bits per heavy atom. The van der Waals surface area contributed by atoms with Crippen molar-refractivity contribution >= 4 is 25.6 Å². The lowest BCUT2D eigenvalue weighted by Crippen LogP contribution is -2.33. The van der Waals surface area contributed by atoms with Crippen LogP contribution in [0.15, 0.2) is 23.1 Å². The predicted molar refractivity (Wildman–Crippen MR) is 75.8 cm³/mol. The Hall–Kier alpha value is -1.14. The molecule has 0 fully saturated rings. The first-order valence-corrected chi connectivity index (χ1v) is 8.40. The smallest absolute Gasteiger partial charge is 0.264 e. The van der Waals surface area contributed by atoms with Crippen molar-refractivity contribution < 1.29 is 17.6 Å². The molecule has 1 aromatic carbocycles. The first kappa shape index (κ1) is 16.9. The standard InChI is InChI=1S/C13H17ClFNO3S/c1-4-13(2,3)8-16-12(17)9-5-6-10(15)11(7-9)20(14,18)19/h5-7H,4,8H2,1-3H3,(H,16,17). The highest BCUT2D eigenvalue weighted by Gasteiger charge is 2.20. The van der Waals surface area contributed by atoms with Gasteiger partial charge in [-0.2, -0.15) is 0 Å². The maximum absolute atomic E-state index is 13.4. The lowest BCUT2D eigenvalue weighted by molar-refractivity contribution is 0.0935. The summed E-state index contributed by atoms with van der Waals surface area (Å²) in [6, 6.07) is 3.07. The summed E-state index contributed by atoms with van der Waals surface area (Å²) < 4.78 is 35.7. The summed E-state index contributed by atoms with van der Waals surface area (Å²) in [7, 11) is 0.893.